The van der Waals surface area contributed by atoms with Crippen molar-refractivity contribution >= 4 is 18.9 Å². The summed E-state index contributed by atoms with van der Waals surface area (Å²) in [6, 6.07) is 18.7. The Kier molecular flexibility index (Phi) is 6.64. The third-order valence-electron chi connectivity index (χ3n) is 1.75. The predicted octanol–water partition coefficient (Wildman–Crippen LogP) is 1.77. The van der Waals surface area contributed by atoms with Crippen LogP contribution in [0.5, 0.6) is 0 Å². The first-order chi connectivity index (χ1) is 8.84. The number of halogens is 6. The van der Waals surface area contributed by atoms with Gasteiger partial charge in [0, 0.05) is 5.02 Å². The molecule has 0 radical (unpaired) electrons. The molecule has 0 N–H and O–H groups in total. The Balaban J connectivity index is 0.000000312. The van der Waals surface area contributed by atoms with Gasteiger partial charge in [-0.1, -0.05) is 29.8 Å². The minimum atomic E-state index is -6.00. The van der Waals surface area contributed by atoms with Gasteiger partial charge in [-0.15, -0.1) is 0 Å². The van der Waals surface area contributed by atoms with Crippen LogP contribution in [0.4, 0.5) is 17.3 Å². The van der Waals surface area contributed by atoms with Crippen molar-refractivity contribution in [2.24, 2.45) is 0 Å². The summed E-state index contributed by atoms with van der Waals surface area (Å²) in [7, 11) is -6.00. The second-order valence-corrected chi connectivity index (χ2v) is 6.79. The molecule has 2 rings (SSSR count). The molecule has 0 aromatic heterocycles. The summed E-state index contributed by atoms with van der Waals surface area (Å²) < 4.78 is 41.8. The van der Waals surface area contributed by atoms with Crippen LogP contribution in [0.2, 0.25) is 5.02 Å². The van der Waals surface area contributed by atoms with Crippen molar-refractivity contribution in [3.05, 3.63) is 66.8 Å². The molecule has 0 spiro atoms. The predicted molar refractivity (Wildman–Crippen MR) is 65.5 cm³/mol. The van der Waals surface area contributed by atoms with Crippen molar-refractivity contribution in [1.29, 1.82) is 0 Å². The van der Waals surface area contributed by atoms with Crippen molar-refractivity contribution in [3.63, 3.8) is 0 Å². The average molecular weight is 402 g/mol. The second-order valence-electron chi connectivity index (χ2n) is 3.32. The van der Waals surface area contributed by atoms with E-state index in [-0.39, 0.29) is 21.2 Å². The van der Waals surface area contributed by atoms with Crippen molar-refractivity contribution in [2.45, 2.75) is 0 Å². The first-order valence-electron chi connectivity index (χ1n) is 5.17. The van der Waals surface area contributed by atoms with Crippen LogP contribution in [-0.4, -0.2) is 7.25 Å². The zero-order chi connectivity index (χ0) is 14.3. The maximum Gasteiger partial charge on any atom is 0.673 e. The topological polar surface area (TPSA) is 0 Å². The molecule has 0 amide bonds. The Morgan fingerprint density at radius 3 is 1.63 bits per heavy atom. The minimum Gasteiger partial charge on any atom is -0.418 e. The summed E-state index contributed by atoms with van der Waals surface area (Å²) in [4.78, 5) is 0. The van der Waals surface area contributed by atoms with Crippen LogP contribution < -0.4 is 21.2 Å². The highest BCUT2D eigenvalue weighted by Gasteiger charge is 2.20. The van der Waals surface area contributed by atoms with E-state index in [0.29, 0.717) is 0 Å². The van der Waals surface area contributed by atoms with Crippen molar-refractivity contribution in [2.75, 3.05) is 0 Å². The van der Waals surface area contributed by atoms with Crippen LogP contribution >= 0.6 is 11.6 Å². The fourth-order valence-electron chi connectivity index (χ4n) is 1.10. The summed E-state index contributed by atoms with van der Waals surface area (Å²) in [6.07, 6.45) is 0. The van der Waals surface area contributed by atoms with Crippen molar-refractivity contribution < 1.29 is 38.5 Å². The molecule has 0 saturated heterocycles. The standard InChI is InChI=1S/C12H9ClI.BF4/c13-10-6-8-12(9-7-10)14-11-4-2-1-3-5-11;2-1(3,4)5/h1-9H;/q+1;-1. The van der Waals surface area contributed by atoms with Crippen LogP contribution in [0.25, 0.3) is 0 Å². The van der Waals surface area contributed by atoms with Gasteiger partial charge < -0.3 is 17.3 Å². The summed E-state index contributed by atoms with van der Waals surface area (Å²) in [5.41, 5.74) is 0. The third-order valence-corrected chi connectivity index (χ3v) is 4.69. The molecule has 0 saturated carbocycles. The lowest BCUT2D eigenvalue weighted by Crippen LogP contribution is -3.61. The molecule has 0 fully saturated rings. The normalized spacial score (nSPS) is 10.6. The molecule has 0 aliphatic heterocycles. The average Bonchev–Trinajstić information content (AvgIpc) is 2.31. The van der Waals surface area contributed by atoms with E-state index in [9.17, 15) is 17.3 Å². The van der Waals surface area contributed by atoms with E-state index in [1.54, 1.807) is 0 Å². The lowest BCUT2D eigenvalue weighted by Gasteiger charge is -1.94. The van der Waals surface area contributed by atoms with Crippen LogP contribution in [-0.2, 0) is 0 Å². The largest absolute Gasteiger partial charge is 0.673 e. The highest BCUT2D eigenvalue weighted by Crippen LogP contribution is 2.06. The van der Waals surface area contributed by atoms with Gasteiger partial charge in [0.2, 0.25) is 0 Å². The Morgan fingerprint density at radius 2 is 1.16 bits per heavy atom. The van der Waals surface area contributed by atoms with E-state index in [1.165, 1.54) is 7.14 Å². The van der Waals surface area contributed by atoms with Gasteiger partial charge in [-0.25, -0.2) is 0 Å². The second kappa shape index (κ2) is 7.74. The zero-order valence-corrected chi connectivity index (χ0v) is 12.5. The highest BCUT2D eigenvalue weighted by atomic mass is 127. The van der Waals surface area contributed by atoms with Gasteiger partial charge in [-0.3, -0.25) is 0 Å². The molecule has 7 heteroatoms. The van der Waals surface area contributed by atoms with E-state index >= 15 is 0 Å². The molecule has 19 heavy (non-hydrogen) atoms. The van der Waals surface area contributed by atoms with Gasteiger partial charge in [-0.05, 0) is 36.4 Å². The summed E-state index contributed by atoms with van der Waals surface area (Å²) in [5.74, 6) is 0. The number of hydrogen-bond acceptors (Lipinski definition) is 0. The maximum atomic E-state index is 9.75. The lowest BCUT2D eigenvalue weighted by molar-refractivity contribution is -0.597. The van der Waals surface area contributed by atoms with Crippen LogP contribution in [0.15, 0.2) is 54.6 Å². The molecule has 0 heterocycles. The number of hydrogen-bond donors (Lipinski definition) is 0. The molecule has 0 aliphatic carbocycles. The molecule has 0 unspecified atom stereocenters. The summed E-state index contributed by atoms with van der Waals surface area (Å²) in [6.45, 7) is 0. The maximum absolute atomic E-state index is 9.75. The Labute approximate surface area is 124 Å². The van der Waals surface area contributed by atoms with Crippen LogP contribution in [0, 0.1) is 7.14 Å². The molecule has 102 valence electrons. The van der Waals surface area contributed by atoms with Gasteiger partial charge in [0.1, 0.15) is 0 Å². The van der Waals surface area contributed by atoms with Crippen LogP contribution in [0.1, 0.15) is 0 Å². The number of benzene rings is 2. The Hall–Kier alpha value is -0.755. The SMILES string of the molecule is Clc1ccc([I+]c2ccccc2)cc1.F[B-](F)(F)F. The lowest BCUT2D eigenvalue weighted by atomic mass is 10.3. The molecular formula is C12H9BClF4I. The van der Waals surface area contributed by atoms with E-state index in [1.807, 2.05) is 12.1 Å². The van der Waals surface area contributed by atoms with E-state index in [0.717, 1.165) is 5.02 Å². The van der Waals surface area contributed by atoms with Crippen molar-refractivity contribution in [1.82, 2.24) is 0 Å². The number of rotatable bonds is 2. The smallest absolute Gasteiger partial charge is 0.418 e. The van der Waals surface area contributed by atoms with E-state index in [4.69, 9.17) is 11.6 Å². The van der Waals surface area contributed by atoms with Gasteiger partial charge in [0.15, 0.2) is 7.14 Å². The van der Waals surface area contributed by atoms with Gasteiger partial charge >= 0.3 is 28.5 Å². The molecule has 0 bridgehead atoms. The first-order valence-corrected chi connectivity index (χ1v) is 7.71. The van der Waals surface area contributed by atoms with Gasteiger partial charge in [0.25, 0.3) is 0 Å². The zero-order valence-electron chi connectivity index (χ0n) is 9.54. The molecule has 2 aromatic carbocycles. The Bertz CT molecular complexity index is 481. The molecule has 0 aliphatic rings. The highest BCUT2D eigenvalue weighted by molar-refractivity contribution is 6.50. The van der Waals surface area contributed by atoms with Gasteiger partial charge in [0.05, 0.1) is 0 Å². The molecule has 2 aromatic rings. The quantitative estimate of drug-likeness (QED) is 0.408. The first kappa shape index (κ1) is 16.3. The van der Waals surface area contributed by atoms with E-state index in [2.05, 4.69) is 42.5 Å². The molecular weight excluding hydrogens is 393 g/mol. The van der Waals surface area contributed by atoms with Gasteiger partial charge in [-0.2, -0.15) is 0 Å². The molecule has 0 nitrogen and oxygen atoms in total. The molecule has 0 atom stereocenters. The Morgan fingerprint density at radius 1 is 0.737 bits per heavy atom. The fraction of sp³-hybridized carbons (Fsp3) is 0. The van der Waals surface area contributed by atoms with E-state index < -0.39 is 7.25 Å². The van der Waals surface area contributed by atoms with Crippen LogP contribution in [0.3, 0.4) is 0 Å². The van der Waals surface area contributed by atoms with Crippen molar-refractivity contribution in [3.8, 4) is 0 Å². The summed E-state index contributed by atoms with van der Waals surface area (Å²) in [5, 5.41) is 0.811. The third kappa shape index (κ3) is 8.88. The minimum absolute atomic E-state index is 0.0427. The monoisotopic (exact) mass is 402 g/mol. The fourth-order valence-corrected chi connectivity index (χ4v) is 3.44. The summed E-state index contributed by atoms with van der Waals surface area (Å²) >= 11 is 5.78.